The van der Waals surface area contributed by atoms with E-state index in [9.17, 15) is 4.21 Å². The van der Waals surface area contributed by atoms with E-state index in [1.165, 1.54) is 0 Å². The van der Waals surface area contributed by atoms with Crippen molar-refractivity contribution in [2.24, 2.45) is 9.36 Å². The lowest BCUT2D eigenvalue weighted by molar-refractivity contribution is 0.477. The van der Waals surface area contributed by atoms with Crippen LogP contribution in [-0.2, 0) is 9.73 Å². The van der Waals surface area contributed by atoms with Gasteiger partial charge in [0.05, 0.1) is 26.7 Å². The van der Waals surface area contributed by atoms with Gasteiger partial charge >= 0.3 is 0 Å². The zero-order valence-electron chi connectivity index (χ0n) is 18.6. The Morgan fingerprint density at radius 3 is 2.61 bits per heavy atom. The molecule has 3 aromatic rings. The second-order valence-corrected chi connectivity index (χ2v) is 9.64. The third-order valence-corrected chi connectivity index (χ3v) is 6.44. The highest BCUT2D eigenvalue weighted by molar-refractivity contribution is 7.93. The molecule has 1 unspecified atom stereocenters. The van der Waals surface area contributed by atoms with Crippen molar-refractivity contribution >= 4 is 27.6 Å². The Kier molecular flexibility index (Phi) is 7.07. The Morgan fingerprint density at radius 2 is 1.90 bits per heavy atom. The van der Waals surface area contributed by atoms with Gasteiger partial charge in [0.15, 0.2) is 5.82 Å². The number of aliphatic imine (C=N–C) groups is 1. The zero-order valence-corrected chi connectivity index (χ0v) is 19.4. The van der Waals surface area contributed by atoms with Crippen molar-refractivity contribution in [3.05, 3.63) is 71.9 Å². The van der Waals surface area contributed by atoms with Crippen molar-refractivity contribution in [3.8, 4) is 11.5 Å². The smallest absolute Gasteiger partial charge is 0.161 e. The van der Waals surface area contributed by atoms with Gasteiger partial charge in [-0.15, -0.1) is 0 Å². The van der Waals surface area contributed by atoms with Crippen LogP contribution in [0.25, 0.3) is 0 Å². The fraction of sp³-hybridized carbons (Fsp3) is 0.250. The van der Waals surface area contributed by atoms with Gasteiger partial charge in [0.1, 0.15) is 11.5 Å². The van der Waals surface area contributed by atoms with E-state index in [2.05, 4.69) is 21.3 Å². The first-order chi connectivity index (χ1) is 14.8. The standard InChI is InChI=1S/C24H28N4O2S/c1-6-28(4)17-26-22-14-19(3)23(15-18(22)2)30-20-10-9-11-21(16-20)31(5,29)27-24-12-7-8-13-25-24/h7-17H,6H2,1-5H3. The molecule has 0 aliphatic carbocycles. The van der Waals surface area contributed by atoms with Gasteiger partial charge in [-0.2, -0.15) is 4.36 Å². The lowest BCUT2D eigenvalue weighted by atomic mass is 10.1. The summed E-state index contributed by atoms with van der Waals surface area (Å²) in [7, 11) is -0.674. The SMILES string of the molecule is CCN(C)C=Nc1cc(C)c(Oc2cccc(S(C)(=O)=Nc3ccccn3)c2)cc1C. The van der Waals surface area contributed by atoms with Crippen molar-refractivity contribution in [2.45, 2.75) is 25.7 Å². The van der Waals surface area contributed by atoms with Crippen molar-refractivity contribution in [1.29, 1.82) is 0 Å². The number of hydrogen-bond donors (Lipinski definition) is 0. The van der Waals surface area contributed by atoms with Gasteiger partial charge in [-0.3, -0.25) is 0 Å². The van der Waals surface area contributed by atoms with E-state index in [-0.39, 0.29) is 0 Å². The predicted octanol–water partition coefficient (Wildman–Crippen LogP) is 5.89. The molecule has 31 heavy (non-hydrogen) atoms. The van der Waals surface area contributed by atoms with E-state index in [4.69, 9.17) is 4.74 Å². The quantitative estimate of drug-likeness (QED) is 0.342. The fourth-order valence-corrected chi connectivity index (χ4v) is 4.04. The first-order valence-corrected chi connectivity index (χ1v) is 12.0. The van der Waals surface area contributed by atoms with Gasteiger partial charge in [-0.1, -0.05) is 12.1 Å². The number of rotatable bonds is 7. The van der Waals surface area contributed by atoms with Gasteiger partial charge in [-0.25, -0.2) is 14.2 Å². The highest BCUT2D eigenvalue weighted by Crippen LogP contribution is 2.32. The maximum absolute atomic E-state index is 13.2. The molecular weight excluding hydrogens is 408 g/mol. The van der Waals surface area contributed by atoms with E-state index in [1.54, 1.807) is 36.7 Å². The molecule has 1 atom stereocenters. The minimum atomic E-state index is -2.66. The van der Waals surface area contributed by atoms with E-state index >= 15 is 0 Å². The van der Waals surface area contributed by atoms with Crippen LogP contribution in [-0.4, -0.2) is 40.3 Å². The first-order valence-electron chi connectivity index (χ1n) is 10.1. The number of benzene rings is 2. The average Bonchev–Trinajstić information content (AvgIpc) is 2.75. The Hall–Kier alpha value is -3.19. The molecule has 0 radical (unpaired) electrons. The Morgan fingerprint density at radius 1 is 1.10 bits per heavy atom. The molecule has 0 aliphatic heterocycles. The van der Waals surface area contributed by atoms with Crippen LogP contribution in [0.3, 0.4) is 0 Å². The molecule has 0 N–H and O–H groups in total. The summed E-state index contributed by atoms with van der Waals surface area (Å²) in [5.41, 5.74) is 2.89. The summed E-state index contributed by atoms with van der Waals surface area (Å²) in [6, 6.07) is 16.6. The van der Waals surface area contributed by atoms with Crippen LogP contribution in [0.1, 0.15) is 18.1 Å². The summed E-state index contributed by atoms with van der Waals surface area (Å²) < 4.78 is 23.7. The fourth-order valence-electron chi connectivity index (χ4n) is 2.81. The predicted molar refractivity (Wildman–Crippen MR) is 128 cm³/mol. The highest BCUT2D eigenvalue weighted by atomic mass is 32.2. The molecule has 3 rings (SSSR count). The van der Waals surface area contributed by atoms with Gasteiger partial charge in [0, 0.05) is 26.0 Å². The van der Waals surface area contributed by atoms with E-state index < -0.39 is 9.73 Å². The number of ether oxygens (including phenoxy) is 1. The lowest BCUT2D eigenvalue weighted by Crippen LogP contribution is -2.14. The third-order valence-electron chi connectivity index (χ3n) is 4.77. The Labute approximate surface area is 184 Å². The van der Waals surface area contributed by atoms with Crippen LogP contribution < -0.4 is 4.74 Å². The highest BCUT2D eigenvalue weighted by Gasteiger charge is 2.11. The molecule has 0 aliphatic rings. The second kappa shape index (κ2) is 9.75. The Balaban J connectivity index is 1.88. The first kappa shape index (κ1) is 22.5. The molecule has 6 nitrogen and oxygen atoms in total. The zero-order chi connectivity index (χ0) is 22.4. The van der Waals surface area contributed by atoms with Gasteiger partial charge in [0.25, 0.3) is 0 Å². The monoisotopic (exact) mass is 436 g/mol. The van der Waals surface area contributed by atoms with Crippen molar-refractivity contribution in [2.75, 3.05) is 19.8 Å². The minimum absolute atomic E-state index is 0.442. The van der Waals surface area contributed by atoms with Crippen molar-refractivity contribution in [3.63, 3.8) is 0 Å². The number of nitrogens with zero attached hydrogens (tertiary/aromatic N) is 4. The molecule has 0 bridgehead atoms. The largest absolute Gasteiger partial charge is 0.457 e. The average molecular weight is 437 g/mol. The van der Waals surface area contributed by atoms with Crippen LogP contribution in [0.2, 0.25) is 0 Å². The second-order valence-electron chi connectivity index (χ2n) is 7.38. The summed E-state index contributed by atoms with van der Waals surface area (Å²) >= 11 is 0. The molecule has 162 valence electrons. The van der Waals surface area contributed by atoms with Crippen molar-refractivity contribution in [1.82, 2.24) is 9.88 Å². The molecule has 0 fully saturated rings. The molecule has 1 aromatic heterocycles. The van der Waals surface area contributed by atoms with Crippen LogP contribution >= 0.6 is 0 Å². The molecule has 1 heterocycles. The molecule has 7 heteroatoms. The summed E-state index contributed by atoms with van der Waals surface area (Å²) in [4.78, 5) is 11.3. The van der Waals surface area contributed by atoms with Gasteiger partial charge in [0.2, 0.25) is 0 Å². The number of aryl methyl sites for hydroxylation is 2. The summed E-state index contributed by atoms with van der Waals surface area (Å²) in [5.74, 6) is 1.78. The molecule has 0 spiro atoms. The van der Waals surface area contributed by atoms with Crippen molar-refractivity contribution < 1.29 is 8.95 Å². The molecule has 0 saturated carbocycles. The maximum atomic E-state index is 13.2. The van der Waals surface area contributed by atoms with E-state index in [0.717, 1.165) is 29.1 Å². The van der Waals surface area contributed by atoms with Crippen LogP contribution in [0.5, 0.6) is 11.5 Å². The molecule has 0 amide bonds. The van der Waals surface area contributed by atoms with Crippen LogP contribution in [0, 0.1) is 13.8 Å². The summed E-state index contributed by atoms with van der Waals surface area (Å²) in [6.07, 6.45) is 5.07. The van der Waals surface area contributed by atoms with E-state index in [0.29, 0.717) is 16.5 Å². The molecule has 0 saturated heterocycles. The number of aromatic nitrogens is 1. The lowest BCUT2D eigenvalue weighted by Gasteiger charge is -2.13. The minimum Gasteiger partial charge on any atom is -0.457 e. The Bertz CT molecular complexity index is 1200. The third kappa shape index (κ3) is 5.92. The van der Waals surface area contributed by atoms with Crippen LogP contribution in [0.4, 0.5) is 11.5 Å². The summed E-state index contributed by atoms with van der Waals surface area (Å²) in [5, 5.41) is 0. The number of hydrogen-bond acceptors (Lipinski definition) is 5. The number of pyridine rings is 1. The molecule has 2 aromatic carbocycles. The van der Waals surface area contributed by atoms with Crippen LogP contribution in [0.15, 0.2) is 75.0 Å². The maximum Gasteiger partial charge on any atom is 0.161 e. The van der Waals surface area contributed by atoms with Gasteiger partial charge in [-0.05, 0) is 74.4 Å². The normalized spacial score (nSPS) is 13.1. The van der Waals surface area contributed by atoms with Gasteiger partial charge < -0.3 is 9.64 Å². The molecular formula is C24H28N4O2S. The van der Waals surface area contributed by atoms with E-state index in [1.807, 2.05) is 62.5 Å². The summed E-state index contributed by atoms with van der Waals surface area (Å²) in [6.45, 7) is 6.96. The topological polar surface area (TPSA) is 67.2 Å².